The zero-order chi connectivity index (χ0) is 21.4. The average Bonchev–Trinajstić information content (AvgIpc) is 3.09. The first-order valence-electron chi connectivity index (χ1n) is 9.74. The predicted molar refractivity (Wildman–Crippen MR) is 116 cm³/mol. The Hall–Kier alpha value is -2.89. The van der Waals surface area contributed by atoms with E-state index < -0.39 is 5.82 Å². The minimum atomic E-state index is -0.561. The first-order valence-corrected chi connectivity index (χ1v) is 10.1. The third kappa shape index (κ3) is 3.66. The van der Waals surface area contributed by atoms with Gasteiger partial charge >= 0.3 is 0 Å². The second-order valence-electron chi connectivity index (χ2n) is 7.81. The third-order valence-corrected chi connectivity index (χ3v) is 6.08. The number of hydrogen-bond donors (Lipinski definition) is 2. The van der Waals surface area contributed by atoms with E-state index in [1.165, 1.54) is 12.1 Å². The van der Waals surface area contributed by atoms with Crippen LogP contribution in [0.15, 0.2) is 35.3 Å². The molecule has 2 aromatic heterocycles. The maximum Gasteiger partial charge on any atom is 0.261 e. The van der Waals surface area contributed by atoms with Crippen LogP contribution in [-0.4, -0.2) is 45.8 Å². The van der Waals surface area contributed by atoms with Gasteiger partial charge in [0.05, 0.1) is 10.5 Å². The summed E-state index contributed by atoms with van der Waals surface area (Å²) in [4.78, 5) is 21.3. The highest BCUT2D eigenvalue weighted by atomic mass is 35.5. The number of benzene rings is 1. The molecule has 4 rings (SSSR count). The molecule has 0 aliphatic heterocycles. The Labute approximate surface area is 178 Å². The van der Waals surface area contributed by atoms with Gasteiger partial charge in [0, 0.05) is 24.3 Å². The van der Waals surface area contributed by atoms with Crippen molar-refractivity contribution in [2.75, 3.05) is 19.4 Å². The fourth-order valence-corrected chi connectivity index (χ4v) is 4.27. The fraction of sp³-hybridized carbons (Fsp3) is 0.381. The van der Waals surface area contributed by atoms with E-state index in [1.807, 2.05) is 14.1 Å². The van der Waals surface area contributed by atoms with Crippen molar-refractivity contribution in [1.29, 1.82) is 0 Å². The van der Waals surface area contributed by atoms with E-state index in [-0.39, 0.29) is 22.7 Å². The van der Waals surface area contributed by atoms with E-state index in [0.29, 0.717) is 28.5 Å². The molecule has 2 heterocycles. The van der Waals surface area contributed by atoms with Gasteiger partial charge in [-0.05, 0) is 51.2 Å². The van der Waals surface area contributed by atoms with Gasteiger partial charge in [0.1, 0.15) is 17.2 Å². The number of fused-ring (bicyclic) bond motifs is 1. The highest BCUT2D eigenvalue weighted by Gasteiger charge is 2.38. The molecule has 0 unspecified atom stereocenters. The first kappa shape index (κ1) is 20.4. The minimum Gasteiger partial charge on any atom is -0.338 e. The summed E-state index contributed by atoms with van der Waals surface area (Å²) in [7, 11) is 4.06. The summed E-state index contributed by atoms with van der Waals surface area (Å²) in [5.41, 5.74) is 0.791. The number of rotatable bonds is 4. The molecule has 3 aromatic rings. The van der Waals surface area contributed by atoms with Crippen molar-refractivity contribution < 1.29 is 4.39 Å². The molecule has 0 radical (unpaired) electrons. The van der Waals surface area contributed by atoms with Crippen LogP contribution in [0.1, 0.15) is 25.3 Å². The van der Waals surface area contributed by atoms with E-state index >= 15 is 0 Å². The summed E-state index contributed by atoms with van der Waals surface area (Å²) in [6, 6.07) is 6.08. The summed E-state index contributed by atoms with van der Waals surface area (Å²) in [6.45, 7) is 7.72. The number of hydrogen-bond acceptors (Lipinski definition) is 4. The van der Waals surface area contributed by atoms with Crippen molar-refractivity contribution >= 4 is 34.0 Å². The SMILES string of the molecule is [C-]#[N+][C@H]1C[C@@H](N(C)C)CC[C@@H]1n1nc(Nc2ccc(Cl)c(F)c2)c2c(=O)[nH]ccc21. The number of anilines is 2. The van der Waals surface area contributed by atoms with Gasteiger partial charge in [-0.2, -0.15) is 5.10 Å². The van der Waals surface area contributed by atoms with Crippen molar-refractivity contribution in [3.8, 4) is 0 Å². The second kappa shape index (κ2) is 8.09. The smallest absolute Gasteiger partial charge is 0.261 e. The van der Waals surface area contributed by atoms with E-state index in [0.717, 1.165) is 19.3 Å². The van der Waals surface area contributed by atoms with E-state index in [1.54, 1.807) is 23.0 Å². The maximum atomic E-state index is 13.9. The largest absolute Gasteiger partial charge is 0.338 e. The van der Waals surface area contributed by atoms with Crippen molar-refractivity contribution in [2.45, 2.75) is 37.4 Å². The van der Waals surface area contributed by atoms with Crippen LogP contribution in [0.25, 0.3) is 15.7 Å². The Bertz CT molecular complexity index is 1180. The molecule has 2 N–H and O–H groups in total. The molecule has 0 bridgehead atoms. The lowest BCUT2D eigenvalue weighted by Crippen LogP contribution is -2.39. The molecule has 30 heavy (non-hydrogen) atoms. The van der Waals surface area contributed by atoms with Gasteiger partial charge in [0.25, 0.3) is 5.56 Å². The Morgan fingerprint density at radius 1 is 1.37 bits per heavy atom. The van der Waals surface area contributed by atoms with Gasteiger partial charge in [0.15, 0.2) is 5.82 Å². The van der Waals surface area contributed by atoms with E-state index in [9.17, 15) is 9.18 Å². The topological polar surface area (TPSA) is 70.3 Å². The van der Waals surface area contributed by atoms with Gasteiger partial charge < -0.3 is 20.0 Å². The van der Waals surface area contributed by atoms with Crippen LogP contribution in [0.5, 0.6) is 0 Å². The molecule has 1 saturated carbocycles. The average molecular weight is 429 g/mol. The molecule has 156 valence electrons. The zero-order valence-electron chi connectivity index (χ0n) is 16.7. The normalized spacial score (nSPS) is 21.7. The maximum absolute atomic E-state index is 13.9. The Morgan fingerprint density at radius 3 is 2.87 bits per heavy atom. The molecule has 9 heteroatoms. The molecule has 0 spiro atoms. The lowest BCUT2D eigenvalue weighted by molar-refractivity contribution is 0.184. The molecule has 1 aromatic carbocycles. The van der Waals surface area contributed by atoms with Crippen molar-refractivity contribution in [1.82, 2.24) is 19.7 Å². The number of nitrogens with one attached hydrogen (secondary N) is 2. The predicted octanol–water partition coefficient (Wildman–Crippen LogP) is 4.20. The summed E-state index contributed by atoms with van der Waals surface area (Å²) < 4.78 is 15.7. The van der Waals surface area contributed by atoms with Gasteiger partial charge in [0.2, 0.25) is 6.04 Å². The van der Waals surface area contributed by atoms with E-state index in [4.69, 9.17) is 18.2 Å². The first-order chi connectivity index (χ1) is 14.4. The molecule has 7 nitrogen and oxygen atoms in total. The van der Waals surface area contributed by atoms with Gasteiger partial charge in [-0.25, -0.2) is 11.0 Å². The number of nitrogens with zero attached hydrogens (tertiary/aromatic N) is 4. The summed E-state index contributed by atoms with van der Waals surface area (Å²) in [5, 5.41) is 8.10. The monoisotopic (exact) mass is 428 g/mol. The van der Waals surface area contributed by atoms with Crippen LogP contribution in [-0.2, 0) is 0 Å². The third-order valence-electron chi connectivity index (χ3n) is 5.78. The van der Waals surface area contributed by atoms with Crippen LogP contribution in [0.2, 0.25) is 5.02 Å². The summed E-state index contributed by atoms with van der Waals surface area (Å²) in [6.07, 6.45) is 4.05. The van der Waals surface area contributed by atoms with Crippen molar-refractivity contribution in [3.05, 3.63) is 63.1 Å². The molecule has 3 atom stereocenters. The molecule has 1 fully saturated rings. The zero-order valence-corrected chi connectivity index (χ0v) is 17.4. The number of H-pyrrole nitrogens is 1. The van der Waals surface area contributed by atoms with Crippen LogP contribution in [0.4, 0.5) is 15.9 Å². The standard InChI is InChI=1S/C21H22ClFN6O/c1-24-16-11-13(28(2)3)5-7-17(16)29-18-8-9-25-21(30)19(18)20(27-29)26-12-4-6-14(22)15(23)10-12/h4,6,8-10,13,16-17H,5,7,11H2,2-3H3,(H,25,30)(H,26,27)/t13-,16-,17-/m0/s1. The Balaban J connectivity index is 1.76. The molecule has 0 saturated heterocycles. The molecule has 1 aliphatic carbocycles. The lowest BCUT2D eigenvalue weighted by atomic mass is 9.86. The Morgan fingerprint density at radius 2 is 2.17 bits per heavy atom. The number of aromatic nitrogens is 3. The summed E-state index contributed by atoms with van der Waals surface area (Å²) >= 11 is 5.77. The second-order valence-corrected chi connectivity index (χ2v) is 8.22. The molecular formula is C21H22ClFN6O. The number of aromatic amines is 1. The highest BCUT2D eigenvalue weighted by molar-refractivity contribution is 6.30. The summed E-state index contributed by atoms with van der Waals surface area (Å²) in [5.74, 6) is -0.235. The van der Waals surface area contributed by atoms with Crippen molar-refractivity contribution in [2.24, 2.45) is 0 Å². The van der Waals surface area contributed by atoms with Gasteiger partial charge in [-0.15, -0.1) is 0 Å². The molecular weight excluding hydrogens is 407 g/mol. The fourth-order valence-electron chi connectivity index (χ4n) is 4.15. The number of halogens is 2. The van der Waals surface area contributed by atoms with Crippen LogP contribution in [0.3, 0.4) is 0 Å². The molecule has 0 amide bonds. The molecule has 1 aliphatic rings. The van der Waals surface area contributed by atoms with Crippen LogP contribution in [0, 0.1) is 12.4 Å². The van der Waals surface area contributed by atoms with Crippen LogP contribution < -0.4 is 10.9 Å². The number of pyridine rings is 1. The van der Waals surface area contributed by atoms with Gasteiger partial charge in [-0.1, -0.05) is 11.6 Å². The minimum absolute atomic E-state index is 0.0198. The lowest BCUT2D eigenvalue weighted by Gasteiger charge is -2.33. The Kier molecular flexibility index (Phi) is 5.50. The van der Waals surface area contributed by atoms with Crippen molar-refractivity contribution in [3.63, 3.8) is 0 Å². The van der Waals surface area contributed by atoms with Gasteiger partial charge in [-0.3, -0.25) is 9.48 Å². The quantitative estimate of drug-likeness (QED) is 0.611. The van der Waals surface area contributed by atoms with E-state index in [2.05, 4.69) is 25.1 Å². The van der Waals surface area contributed by atoms with Crippen LogP contribution >= 0.6 is 11.6 Å². The highest BCUT2D eigenvalue weighted by Crippen LogP contribution is 2.36.